The average molecular weight is 244 g/mol. The van der Waals surface area contributed by atoms with Crippen LogP contribution in [0.4, 0.5) is 0 Å². The zero-order chi connectivity index (χ0) is 12.5. The molecule has 0 amide bonds. The van der Waals surface area contributed by atoms with Gasteiger partial charge in [0.25, 0.3) is 0 Å². The monoisotopic (exact) mass is 244 g/mol. The lowest BCUT2D eigenvalue weighted by molar-refractivity contribution is -0.300. The van der Waals surface area contributed by atoms with Gasteiger partial charge in [-0.05, 0) is 31.2 Å². The molecule has 0 aliphatic carbocycles. The number of rotatable bonds is 2. The van der Waals surface area contributed by atoms with E-state index in [4.69, 9.17) is 4.74 Å². The summed E-state index contributed by atoms with van der Waals surface area (Å²) < 4.78 is 5.99. The molecule has 3 rings (SSSR count). The Morgan fingerprint density at radius 1 is 1.00 bits per heavy atom. The van der Waals surface area contributed by atoms with Gasteiger partial charge < -0.3 is 9.84 Å². The maximum Gasteiger partial charge on any atom is 0.166 e. The quantitative estimate of drug-likeness (QED) is 0.862. The molecule has 18 heavy (non-hydrogen) atoms. The van der Waals surface area contributed by atoms with Gasteiger partial charge in [0.05, 0.1) is 5.60 Å². The van der Waals surface area contributed by atoms with Crippen LogP contribution in [0.3, 0.4) is 0 Å². The summed E-state index contributed by atoms with van der Waals surface area (Å²) in [5.41, 5.74) is 0.955. The molecule has 1 aromatic carbocycles. The first kappa shape index (κ1) is 11.9. The van der Waals surface area contributed by atoms with Gasteiger partial charge in [0.1, 0.15) is 0 Å². The highest BCUT2D eigenvalue weighted by molar-refractivity contribution is 5.50. The Bertz CT molecular complexity index is 426. The molecule has 2 aliphatic heterocycles. The van der Waals surface area contributed by atoms with Crippen LogP contribution in [0.15, 0.2) is 36.4 Å². The third-order valence-electron chi connectivity index (χ3n) is 4.11. The molecule has 96 valence electrons. The molecular weight excluding hydrogens is 224 g/mol. The van der Waals surface area contributed by atoms with Crippen LogP contribution in [0.1, 0.15) is 44.1 Å². The molecule has 2 saturated heterocycles. The van der Waals surface area contributed by atoms with E-state index in [2.05, 4.69) is 24.3 Å². The van der Waals surface area contributed by atoms with Gasteiger partial charge in [-0.2, -0.15) is 0 Å². The van der Waals surface area contributed by atoms with Gasteiger partial charge in [-0.3, -0.25) is 0 Å². The van der Waals surface area contributed by atoms with Crippen molar-refractivity contribution in [1.82, 2.24) is 0 Å². The molecule has 2 heterocycles. The molecule has 2 nitrogen and oxygen atoms in total. The molecule has 2 bridgehead atoms. The van der Waals surface area contributed by atoms with Crippen LogP contribution in [-0.4, -0.2) is 16.5 Å². The summed E-state index contributed by atoms with van der Waals surface area (Å²) in [6, 6.07) is 10.3. The van der Waals surface area contributed by atoms with E-state index in [1.54, 1.807) is 0 Å². The molecular formula is C16H20O2. The van der Waals surface area contributed by atoms with Crippen molar-refractivity contribution in [2.75, 3.05) is 0 Å². The van der Waals surface area contributed by atoms with Gasteiger partial charge in [0, 0.05) is 12.8 Å². The second-order valence-electron chi connectivity index (χ2n) is 5.56. The molecule has 0 spiro atoms. The fourth-order valence-electron chi connectivity index (χ4n) is 3.17. The lowest BCUT2D eigenvalue weighted by Gasteiger charge is -2.48. The third-order valence-corrected chi connectivity index (χ3v) is 4.11. The minimum absolute atomic E-state index is 0.235. The average Bonchev–Trinajstić information content (AvgIpc) is 2.37. The molecule has 0 aromatic heterocycles. The Morgan fingerprint density at radius 3 is 2.33 bits per heavy atom. The largest absolute Gasteiger partial charge is 0.365 e. The van der Waals surface area contributed by atoms with Crippen molar-refractivity contribution in [2.24, 2.45) is 0 Å². The predicted octanol–water partition coefficient (Wildman–Crippen LogP) is 3.51. The Morgan fingerprint density at radius 2 is 1.67 bits per heavy atom. The van der Waals surface area contributed by atoms with Crippen molar-refractivity contribution in [1.29, 1.82) is 0 Å². The number of fused-ring (bicyclic) bond motifs is 2. The van der Waals surface area contributed by atoms with Gasteiger partial charge in [-0.1, -0.05) is 42.5 Å². The van der Waals surface area contributed by atoms with Crippen LogP contribution in [0.5, 0.6) is 0 Å². The Kier molecular flexibility index (Phi) is 3.00. The Balaban J connectivity index is 1.80. The van der Waals surface area contributed by atoms with Crippen LogP contribution in [-0.2, 0) is 4.74 Å². The number of benzene rings is 1. The predicted molar refractivity (Wildman–Crippen MR) is 71.9 cm³/mol. The fourth-order valence-corrected chi connectivity index (χ4v) is 3.17. The normalized spacial score (nSPS) is 35.8. The van der Waals surface area contributed by atoms with Crippen LogP contribution in [0.2, 0.25) is 0 Å². The van der Waals surface area contributed by atoms with E-state index in [0.717, 1.165) is 38.5 Å². The standard InChI is InChI=1S/C16H20O2/c17-16-11-4-9-15(18-16,10-5-12-16)13-8-14-6-2-1-3-7-14/h1-3,6-8,13,17H,4-5,9-12H2/b13-8+. The van der Waals surface area contributed by atoms with Crippen molar-refractivity contribution in [2.45, 2.75) is 49.9 Å². The van der Waals surface area contributed by atoms with Gasteiger partial charge >= 0.3 is 0 Å². The SMILES string of the molecule is OC12CCCC(/C=C/c3ccccc3)(CCC1)O2. The highest BCUT2D eigenvalue weighted by Crippen LogP contribution is 2.45. The molecule has 2 aliphatic rings. The minimum atomic E-state index is -0.864. The lowest BCUT2D eigenvalue weighted by atomic mass is 9.79. The van der Waals surface area contributed by atoms with E-state index in [1.165, 1.54) is 5.56 Å². The number of aliphatic hydroxyl groups is 1. The van der Waals surface area contributed by atoms with E-state index in [0.29, 0.717) is 0 Å². The first-order chi connectivity index (χ1) is 8.70. The third kappa shape index (κ3) is 2.36. The Labute approximate surface area is 108 Å². The molecule has 0 unspecified atom stereocenters. The molecule has 1 aromatic rings. The first-order valence-corrected chi connectivity index (χ1v) is 6.87. The number of hydrogen-bond acceptors (Lipinski definition) is 2. The van der Waals surface area contributed by atoms with Crippen molar-refractivity contribution >= 4 is 6.08 Å². The van der Waals surface area contributed by atoms with Crippen LogP contribution < -0.4 is 0 Å². The zero-order valence-electron chi connectivity index (χ0n) is 10.6. The maximum absolute atomic E-state index is 10.3. The summed E-state index contributed by atoms with van der Waals surface area (Å²) >= 11 is 0. The summed E-state index contributed by atoms with van der Waals surface area (Å²) in [4.78, 5) is 0. The van der Waals surface area contributed by atoms with Crippen LogP contribution in [0.25, 0.3) is 6.08 Å². The van der Waals surface area contributed by atoms with Gasteiger partial charge in [0.15, 0.2) is 5.79 Å². The molecule has 0 saturated carbocycles. The van der Waals surface area contributed by atoms with Crippen LogP contribution in [0, 0.1) is 0 Å². The van der Waals surface area contributed by atoms with Crippen molar-refractivity contribution in [3.05, 3.63) is 42.0 Å². The topological polar surface area (TPSA) is 29.5 Å². The second kappa shape index (κ2) is 4.52. The second-order valence-corrected chi connectivity index (χ2v) is 5.56. The minimum Gasteiger partial charge on any atom is -0.365 e. The summed E-state index contributed by atoms with van der Waals surface area (Å²) in [7, 11) is 0. The number of hydrogen-bond donors (Lipinski definition) is 1. The highest BCUT2D eigenvalue weighted by atomic mass is 16.6. The summed E-state index contributed by atoms with van der Waals surface area (Å²) in [6.45, 7) is 0. The smallest absolute Gasteiger partial charge is 0.166 e. The van der Waals surface area contributed by atoms with Crippen molar-refractivity contribution in [3.63, 3.8) is 0 Å². The number of ether oxygens (including phenoxy) is 1. The van der Waals surface area contributed by atoms with Crippen molar-refractivity contribution < 1.29 is 9.84 Å². The lowest BCUT2D eigenvalue weighted by Crippen LogP contribution is -2.51. The summed E-state index contributed by atoms with van der Waals surface area (Å²) in [6.07, 6.45) is 10.0. The Hall–Kier alpha value is -1.12. The van der Waals surface area contributed by atoms with E-state index >= 15 is 0 Å². The van der Waals surface area contributed by atoms with E-state index < -0.39 is 5.79 Å². The molecule has 1 N–H and O–H groups in total. The molecule has 0 atom stereocenters. The molecule has 2 fully saturated rings. The van der Waals surface area contributed by atoms with E-state index in [-0.39, 0.29) is 5.60 Å². The van der Waals surface area contributed by atoms with Crippen LogP contribution >= 0.6 is 0 Å². The molecule has 0 radical (unpaired) electrons. The van der Waals surface area contributed by atoms with E-state index in [1.807, 2.05) is 18.2 Å². The summed E-state index contributed by atoms with van der Waals surface area (Å²) in [5.74, 6) is -0.864. The fraction of sp³-hybridized carbons (Fsp3) is 0.500. The summed E-state index contributed by atoms with van der Waals surface area (Å²) in [5, 5.41) is 10.3. The first-order valence-electron chi connectivity index (χ1n) is 6.87. The highest BCUT2D eigenvalue weighted by Gasteiger charge is 2.46. The van der Waals surface area contributed by atoms with Gasteiger partial charge in [-0.25, -0.2) is 0 Å². The van der Waals surface area contributed by atoms with Gasteiger partial charge in [-0.15, -0.1) is 0 Å². The van der Waals surface area contributed by atoms with Crippen molar-refractivity contribution in [3.8, 4) is 0 Å². The van der Waals surface area contributed by atoms with E-state index in [9.17, 15) is 5.11 Å². The zero-order valence-corrected chi connectivity index (χ0v) is 10.6. The maximum atomic E-state index is 10.3. The molecule has 2 heteroatoms. The van der Waals surface area contributed by atoms with Gasteiger partial charge in [0.2, 0.25) is 0 Å².